The van der Waals surface area contributed by atoms with Crippen LogP contribution in [0.15, 0.2) is 18.2 Å². The Balaban J connectivity index is 1.57. The minimum Gasteiger partial charge on any atom is -0.381 e. The molecule has 2 rings (SSSR count). The average Bonchev–Trinajstić information content (AvgIpc) is 3.06. The molecule has 2 N–H and O–H groups in total. The van der Waals surface area contributed by atoms with Crippen LogP contribution in [0.25, 0.3) is 0 Å². The van der Waals surface area contributed by atoms with Crippen LogP contribution < -0.4 is 10.6 Å². The van der Waals surface area contributed by atoms with Crippen LogP contribution in [0.2, 0.25) is 0 Å². The summed E-state index contributed by atoms with van der Waals surface area (Å²) in [6.45, 7) is 5.04. The number of carbonyl (C=O) groups is 1. The lowest BCUT2D eigenvalue weighted by atomic mass is 10.1. The second-order valence-corrected chi connectivity index (χ2v) is 5.95. The first-order valence-corrected chi connectivity index (χ1v) is 8.21. The van der Waals surface area contributed by atoms with Crippen molar-refractivity contribution in [2.45, 2.75) is 25.8 Å². The molecule has 0 spiro atoms. The highest BCUT2D eigenvalue weighted by molar-refractivity contribution is 5.74. The molecule has 134 valence electrons. The summed E-state index contributed by atoms with van der Waals surface area (Å²) in [4.78, 5) is 11.8. The normalized spacial score (nSPS) is 18.4. The van der Waals surface area contributed by atoms with E-state index in [2.05, 4.69) is 10.6 Å². The zero-order chi connectivity index (χ0) is 17.4. The van der Waals surface area contributed by atoms with E-state index in [-0.39, 0.29) is 6.03 Å². The van der Waals surface area contributed by atoms with E-state index >= 15 is 0 Å². The number of hydrogen-bond acceptors (Lipinski definition) is 3. The zero-order valence-electron chi connectivity index (χ0n) is 13.8. The number of benzene rings is 1. The molecular formula is C17H24F2N2O3. The molecule has 24 heavy (non-hydrogen) atoms. The van der Waals surface area contributed by atoms with Gasteiger partial charge in [-0.25, -0.2) is 13.6 Å². The van der Waals surface area contributed by atoms with Gasteiger partial charge in [-0.05, 0) is 37.5 Å². The van der Waals surface area contributed by atoms with Crippen LogP contribution in [0.5, 0.6) is 0 Å². The third-order valence-corrected chi connectivity index (χ3v) is 3.92. The monoisotopic (exact) mass is 342 g/mol. The van der Waals surface area contributed by atoms with Crippen LogP contribution in [0, 0.1) is 17.6 Å². The van der Waals surface area contributed by atoms with Crippen LogP contribution in [-0.4, -0.2) is 39.0 Å². The van der Waals surface area contributed by atoms with Crippen molar-refractivity contribution in [2.75, 3.05) is 33.0 Å². The second-order valence-electron chi connectivity index (χ2n) is 5.95. The van der Waals surface area contributed by atoms with Gasteiger partial charge in [-0.15, -0.1) is 0 Å². The topological polar surface area (TPSA) is 59.6 Å². The molecule has 2 atom stereocenters. The standard InChI is InChI=1S/C17H24F2N2O3/c1-12(14-3-4-15(18)16(19)9-14)21-17(22)20-6-2-7-23-10-13-5-8-24-11-13/h3-4,9,12-13H,2,5-8,10-11H2,1H3,(H2,20,21,22)/t12-,13-/m1/s1. The Morgan fingerprint density at radius 2 is 2.25 bits per heavy atom. The summed E-state index contributed by atoms with van der Waals surface area (Å²) in [5, 5.41) is 5.40. The quantitative estimate of drug-likeness (QED) is 0.714. The van der Waals surface area contributed by atoms with Crippen molar-refractivity contribution in [3.05, 3.63) is 35.4 Å². The smallest absolute Gasteiger partial charge is 0.315 e. The van der Waals surface area contributed by atoms with Crippen molar-refractivity contribution in [1.82, 2.24) is 10.6 Å². The molecule has 1 heterocycles. The van der Waals surface area contributed by atoms with Gasteiger partial charge in [0.15, 0.2) is 11.6 Å². The molecular weight excluding hydrogens is 318 g/mol. The summed E-state index contributed by atoms with van der Waals surface area (Å²) < 4.78 is 36.9. The molecule has 2 amide bonds. The Kier molecular flexibility index (Phi) is 7.39. The maximum absolute atomic E-state index is 13.2. The van der Waals surface area contributed by atoms with Crippen LogP contribution in [0.3, 0.4) is 0 Å². The van der Waals surface area contributed by atoms with E-state index in [0.29, 0.717) is 37.7 Å². The number of halogens is 2. The molecule has 1 saturated heterocycles. The van der Waals surface area contributed by atoms with E-state index in [1.165, 1.54) is 6.07 Å². The van der Waals surface area contributed by atoms with Crippen LogP contribution >= 0.6 is 0 Å². The lowest BCUT2D eigenvalue weighted by Crippen LogP contribution is -2.37. The van der Waals surface area contributed by atoms with Crippen molar-refractivity contribution >= 4 is 6.03 Å². The Hall–Kier alpha value is -1.73. The minimum atomic E-state index is -0.925. The highest BCUT2D eigenvalue weighted by atomic mass is 19.2. The fraction of sp³-hybridized carbons (Fsp3) is 0.588. The molecule has 0 radical (unpaired) electrons. The number of amides is 2. The maximum Gasteiger partial charge on any atom is 0.315 e. The van der Waals surface area contributed by atoms with Crippen molar-refractivity contribution in [3.8, 4) is 0 Å². The summed E-state index contributed by atoms with van der Waals surface area (Å²) in [7, 11) is 0. The molecule has 0 saturated carbocycles. The van der Waals surface area contributed by atoms with Gasteiger partial charge in [0.05, 0.1) is 19.3 Å². The van der Waals surface area contributed by atoms with E-state index in [1.807, 2.05) is 0 Å². The van der Waals surface area contributed by atoms with Gasteiger partial charge in [-0.1, -0.05) is 6.07 Å². The first kappa shape index (κ1) is 18.6. The second kappa shape index (κ2) is 9.54. The van der Waals surface area contributed by atoms with Gasteiger partial charge in [0.1, 0.15) is 0 Å². The number of carbonyl (C=O) groups excluding carboxylic acids is 1. The van der Waals surface area contributed by atoms with E-state index in [9.17, 15) is 13.6 Å². The predicted molar refractivity (Wildman–Crippen MR) is 85.7 cm³/mol. The largest absolute Gasteiger partial charge is 0.381 e. The molecule has 1 aliphatic rings. The number of urea groups is 1. The Morgan fingerprint density at radius 1 is 1.42 bits per heavy atom. The molecule has 1 fully saturated rings. The van der Waals surface area contributed by atoms with Crippen LogP contribution in [0.4, 0.5) is 13.6 Å². The third kappa shape index (κ3) is 6.05. The summed E-state index contributed by atoms with van der Waals surface area (Å²) in [5.41, 5.74) is 0.506. The molecule has 1 aromatic rings. The zero-order valence-corrected chi connectivity index (χ0v) is 13.8. The Labute approximate surface area is 140 Å². The summed E-state index contributed by atoms with van der Waals surface area (Å²) in [6.07, 6.45) is 1.75. The van der Waals surface area contributed by atoms with Gasteiger partial charge in [0.2, 0.25) is 0 Å². The summed E-state index contributed by atoms with van der Waals surface area (Å²) in [6, 6.07) is 2.81. The number of nitrogens with one attached hydrogen (secondary N) is 2. The molecule has 0 aliphatic carbocycles. The SMILES string of the molecule is C[C@@H](NC(=O)NCCCOC[C@H]1CCOC1)c1ccc(F)c(F)c1. The number of rotatable bonds is 8. The molecule has 0 bridgehead atoms. The lowest BCUT2D eigenvalue weighted by Gasteiger charge is -2.15. The fourth-order valence-electron chi connectivity index (χ4n) is 2.45. The average molecular weight is 342 g/mol. The van der Waals surface area contributed by atoms with Gasteiger partial charge < -0.3 is 20.1 Å². The van der Waals surface area contributed by atoms with Crippen molar-refractivity contribution in [1.29, 1.82) is 0 Å². The summed E-state index contributed by atoms with van der Waals surface area (Å²) in [5.74, 6) is -1.34. The maximum atomic E-state index is 13.2. The lowest BCUT2D eigenvalue weighted by molar-refractivity contribution is 0.0885. The van der Waals surface area contributed by atoms with E-state index in [1.54, 1.807) is 6.92 Å². The molecule has 0 aromatic heterocycles. The third-order valence-electron chi connectivity index (χ3n) is 3.92. The molecule has 5 nitrogen and oxygen atoms in total. The van der Waals surface area contributed by atoms with Gasteiger partial charge in [-0.2, -0.15) is 0 Å². The Bertz CT molecular complexity index is 537. The summed E-state index contributed by atoms with van der Waals surface area (Å²) >= 11 is 0. The molecule has 1 aliphatic heterocycles. The van der Waals surface area contributed by atoms with Crippen LogP contribution in [0.1, 0.15) is 31.4 Å². The van der Waals surface area contributed by atoms with Crippen molar-refractivity contribution in [2.24, 2.45) is 5.92 Å². The first-order chi connectivity index (χ1) is 11.6. The molecule has 7 heteroatoms. The van der Waals surface area contributed by atoms with E-state index in [0.717, 1.165) is 31.8 Å². The Morgan fingerprint density at radius 3 is 2.96 bits per heavy atom. The van der Waals surface area contributed by atoms with Gasteiger partial charge in [0.25, 0.3) is 0 Å². The highest BCUT2D eigenvalue weighted by Crippen LogP contribution is 2.15. The predicted octanol–water partition coefficient (Wildman–Crippen LogP) is 2.77. The highest BCUT2D eigenvalue weighted by Gasteiger charge is 2.15. The van der Waals surface area contributed by atoms with E-state index < -0.39 is 17.7 Å². The molecule has 1 aromatic carbocycles. The first-order valence-electron chi connectivity index (χ1n) is 8.21. The number of ether oxygens (including phenoxy) is 2. The molecule has 0 unspecified atom stereocenters. The fourth-order valence-corrected chi connectivity index (χ4v) is 2.45. The van der Waals surface area contributed by atoms with Crippen molar-refractivity contribution < 1.29 is 23.0 Å². The van der Waals surface area contributed by atoms with Crippen LogP contribution in [-0.2, 0) is 9.47 Å². The van der Waals surface area contributed by atoms with E-state index in [4.69, 9.17) is 9.47 Å². The van der Waals surface area contributed by atoms with Gasteiger partial charge in [-0.3, -0.25) is 0 Å². The van der Waals surface area contributed by atoms with Gasteiger partial charge >= 0.3 is 6.03 Å². The van der Waals surface area contributed by atoms with Gasteiger partial charge in [0, 0.05) is 25.7 Å². The number of hydrogen-bond donors (Lipinski definition) is 2. The minimum absolute atomic E-state index is 0.351. The van der Waals surface area contributed by atoms with Crippen molar-refractivity contribution in [3.63, 3.8) is 0 Å².